The number of nitrogens with zero attached hydrogens (tertiary/aromatic N) is 2. The van der Waals surface area contributed by atoms with Gasteiger partial charge in [0.15, 0.2) is 0 Å². The molecule has 5 nitrogen and oxygen atoms in total. The van der Waals surface area contributed by atoms with Crippen molar-refractivity contribution < 1.29 is 9.59 Å². The number of aromatic amines is 1. The van der Waals surface area contributed by atoms with Crippen LogP contribution in [0.5, 0.6) is 0 Å². The molecule has 5 heteroatoms. The van der Waals surface area contributed by atoms with E-state index in [2.05, 4.69) is 29.2 Å². The number of para-hydroxylation sites is 1. The van der Waals surface area contributed by atoms with Gasteiger partial charge in [0.25, 0.3) is 0 Å². The minimum Gasteiger partial charge on any atom is -0.356 e. The number of fused-ring (bicyclic) bond motifs is 5. The molecule has 3 aromatic rings. The largest absolute Gasteiger partial charge is 0.356 e. The predicted molar refractivity (Wildman–Crippen MR) is 110 cm³/mol. The summed E-state index contributed by atoms with van der Waals surface area (Å²) in [5.41, 5.74) is 4.55. The Bertz CT molecular complexity index is 1120. The maximum Gasteiger partial charge on any atom is 0.246 e. The van der Waals surface area contributed by atoms with E-state index in [1.807, 2.05) is 40.1 Å². The molecule has 2 aromatic carbocycles. The quantitative estimate of drug-likeness (QED) is 0.736. The minimum absolute atomic E-state index is 0.123. The molecule has 6 rings (SSSR count). The topological polar surface area (TPSA) is 56.4 Å². The molecule has 4 heterocycles. The average Bonchev–Trinajstić information content (AvgIpc) is 3.38. The first-order chi connectivity index (χ1) is 14.2. The Hall–Kier alpha value is -3.08. The SMILES string of the molecule is O=C1[C@@H]2Cc3c([nH]c4ccccc34)C(Cc3ccccc3)N2C(=O)[C@@H]2CCCN12. The molecule has 0 aliphatic carbocycles. The van der Waals surface area contributed by atoms with Gasteiger partial charge in [0.05, 0.1) is 6.04 Å². The second-order valence-electron chi connectivity index (χ2n) is 8.42. The number of carbonyl (C=O) groups excluding carboxylic acids is 2. The highest BCUT2D eigenvalue weighted by atomic mass is 16.2. The van der Waals surface area contributed by atoms with Crippen LogP contribution in [0.2, 0.25) is 0 Å². The lowest BCUT2D eigenvalue weighted by Crippen LogP contribution is -2.65. The van der Waals surface area contributed by atoms with Gasteiger partial charge >= 0.3 is 0 Å². The lowest BCUT2D eigenvalue weighted by atomic mass is 9.85. The van der Waals surface area contributed by atoms with Gasteiger partial charge in [0.2, 0.25) is 11.8 Å². The van der Waals surface area contributed by atoms with Gasteiger partial charge < -0.3 is 14.8 Å². The zero-order chi connectivity index (χ0) is 19.5. The number of amides is 2. The zero-order valence-electron chi connectivity index (χ0n) is 16.2. The van der Waals surface area contributed by atoms with Crippen molar-refractivity contribution in [3.8, 4) is 0 Å². The van der Waals surface area contributed by atoms with Crippen LogP contribution in [-0.4, -0.2) is 45.2 Å². The lowest BCUT2D eigenvalue weighted by molar-refractivity contribution is -0.163. The molecule has 2 saturated heterocycles. The van der Waals surface area contributed by atoms with E-state index < -0.39 is 6.04 Å². The normalized spacial score (nSPS) is 25.9. The summed E-state index contributed by atoms with van der Waals surface area (Å²) in [6, 6.07) is 17.7. The summed E-state index contributed by atoms with van der Waals surface area (Å²) in [6.45, 7) is 0.712. The van der Waals surface area contributed by atoms with E-state index in [1.165, 1.54) is 16.5 Å². The highest BCUT2D eigenvalue weighted by Gasteiger charge is 2.52. The van der Waals surface area contributed by atoms with Crippen LogP contribution in [0.1, 0.15) is 35.7 Å². The zero-order valence-corrected chi connectivity index (χ0v) is 16.2. The number of aromatic nitrogens is 1. The second-order valence-corrected chi connectivity index (χ2v) is 8.42. The molecular formula is C24H23N3O2. The van der Waals surface area contributed by atoms with Crippen molar-refractivity contribution in [3.63, 3.8) is 0 Å². The molecule has 0 saturated carbocycles. The van der Waals surface area contributed by atoms with E-state index in [1.54, 1.807) is 0 Å². The molecule has 146 valence electrons. The van der Waals surface area contributed by atoms with Gasteiger partial charge in [-0.25, -0.2) is 0 Å². The van der Waals surface area contributed by atoms with Gasteiger partial charge in [-0.2, -0.15) is 0 Å². The van der Waals surface area contributed by atoms with Crippen LogP contribution in [0.15, 0.2) is 54.6 Å². The molecule has 1 unspecified atom stereocenters. The van der Waals surface area contributed by atoms with E-state index in [9.17, 15) is 9.59 Å². The fourth-order valence-electron chi connectivity index (χ4n) is 5.58. The van der Waals surface area contributed by atoms with Crippen LogP contribution < -0.4 is 0 Å². The molecule has 0 spiro atoms. The number of benzene rings is 2. The third-order valence-corrected chi connectivity index (χ3v) is 6.88. The Morgan fingerprint density at radius 2 is 1.72 bits per heavy atom. The minimum atomic E-state index is -0.391. The van der Waals surface area contributed by atoms with Gasteiger partial charge in [-0.05, 0) is 36.5 Å². The van der Waals surface area contributed by atoms with Crippen molar-refractivity contribution in [2.24, 2.45) is 0 Å². The maximum absolute atomic E-state index is 13.5. The number of carbonyl (C=O) groups is 2. The third kappa shape index (κ3) is 2.40. The van der Waals surface area contributed by atoms with Crippen LogP contribution in [0.4, 0.5) is 0 Å². The fourth-order valence-corrected chi connectivity index (χ4v) is 5.58. The van der Waals surface area contributed by atoms with Crippen LogP contribution in [-0.2, 0) is 22.4 Å². The van der Waals surface area contributed by atoms with Crippen molar-refractivity contribution in [2.75, 3.05) is 6.54 Å². The first kappa shape index (κ1) is 16.8. The van der Waals surface area contributed by atoms with Gasteiger partial charge in [0.1, 0.15) is 12.1 Å². The van der Waals surface area contributed by atoms with Crippen LogP contribution >= 0.6 is 0 Å². The average molecular weight is 385 g/mol. The van der Waals surface area contributed by atoms with Crippen molar-refractivity contribution in [1.82, 2.24) is 14.8 Å². The molecule has 3 aliphatic rings. The summed E-state index contributed by atoms with van der Waals surface area (Å²) in [5.74, 6) is 0.249. The Labute approximate surface area is 169 Å². The first-order valence-electron chi connectivity index (χ1n) is 10.5. The van der Waals surface area contributed by atoms with Crippen LogP contribution in [0.3, 0.4) is 0 Å². The Kier molecular flexibility index (Phi) is 3.60. The standard InChI is InChI=1S/C24H23N3O2/c28-23-21-14-17-16-9-4-5-10-18(16)25-22(17)20(13-15-7-2-1-3-8-15)27(21)24(29)19-11-6-12-26(19)23/h1-5,7-10,19-21,25H,6,11-14H2/t19-,20?,21-/m0/s1. The Morgan fingerprint density at radius 1 is 0.931 bits per heavy atom. The van der Waals surface area contributed by atoms with Crippen molar-refractivity contribution >= 4 is 22.7 Å². The van der Waals surface area contributed by atoms with Gasteiger partial charge in [-0.3, -0.25) is 9.59 Å². The highest BCUT2D eigenvalue weighted by Crippen LogP contribution is 2.43. The molecule has 3 aliphatic heterocycles. The number of nitrogens with one attached hydrogen (secondary N) is 1. The van der Waals surface area contributed by atoms with Gasteiger partial charge in [0, 0.05) is 29.6 Å². The maximum atomic E-state index is 13.5. The van der Waals surface area contributed by atoms with Gasteiger partial charge in [-0.1, -0.05) is 48.5 Å². The molecule has 1 aromatic heterocycles. The first-order valence-corrected chi connectivity index (χ1v) is 10.5. The number of rotatable bonds is 2. The summed E-state index contributed by atoms with van der Waals surface area (Å²) < 4.78 is 0. The van der Waals surface area contributed by atoms with E-state index in [4.69, 9.17) is 0 Å². The monoisotopic (exact) mass is 385 g/mol. The van der Waals surface area contributed by atoms with E-state index >= 15 is 0 Å². The summed E-state index contributed by atoms with van der Waals surface area (Å²) >= 11 is 0. The van der Waals surface area contributed by atoms with Crippen LogP contribution in [0, 0.1) is 0 Å². The van der Waals surface area contributed by atoms with Crippen molar-refractivity contribution in [1.29, 1.82) is 0 Å². The van der Waals surface area contributed by atoms with Crippen LogP contribution in [0.25, 0.3) is 10.9 Å². The predicted octanol–water partition coefficient (Wildman–Crippen LogP) is 3.21. The summed E-state index contributed by atoms with van der Waals surface area (Å²) in [7, 11) is 0. The fraction of sp³-hybridized carbons (Fsp3) is 0.333. The number of H-pyrrole nitrogens is 1. The molecule has 0 radical (unpaired) electrons. The molecule has 2 amide bonds. The molecule has 29 heavy (non-hydrogen) atoms. The molecular weight excluding hydrogens is 362 g/mol. The van der Waals surface area contributed by atoms with E-state index in [0.717, 1.165) is 24.1 Å². The van der Waals surface area contributed by atoms with E-state index in [0.29, 0.717) is 19.4 Å². The molecule has 2 fully saturated rings. The number of piperazine rings is 1. The Morgan fingerprint density at radius 3 is 2.59 bits per heavy atom. The third-order valence-electron chi connectivity index (χ3n) is 6.88. The van der Waals surface area contributed by atoms with E-state index in [-0.39, 0.29) is 23.9 Å². The molecule has 1 N–H and O–H groups in total. The summed E-state index contributed by atoms with van der Waals surface area (Å²) in [6.07, 6.45) is 3.01. The smallest absolute Gasteiger partial charge is 0.246 e. The van der Waals surface area contributed by atoms with Crippen molar-refractivity contribution in [2.45, 2.75) is 43.8 Å². The summed E-state index contributed by atoms with van der Waals surface area (Å²) in [5, 5.41) is 1.17. The lowest BCUT2D eigenvalue weighted by Gasteiger charge is -2.48. The summed E-state index contributed by atoms with van der Waals surface area (Å²) in [4.78, 5) is 34.3. The van der Waals surface area contributed by atoms with Gasteiger partial charge in [-0.15, -0.1) is 0 Å². The van der Waals surface area contributed by atoms with Crippen molar-refractivity contribution in [3.05, 3.63) is 71.4 Å². The highest BCUT2D eigenvalue weighted by molar-refractivity contribution is 5.99. The Balaban J connectivity index is 1.52. The second kappa shape index (κ2) is 6.21. The molecule has 3 atom stereocenters. The molecule has 0 bridgehead atoms. The number of hydrogen-bond acceptors (Lipinski definition) is 2. The number of hydrogen-bond donors (Lipinski definition) is 1.